The maximum atomic E-state index is 10.5. The van der Waals surface area contributed by atoms with Gasteiger partial charge in [0.1, 0.15) is 0 Å². The van der Waals surface area contributed by atoms with Gasteiger partial charge in [0.15, 0.2) is 0 Å². The number of phosphoric ester groups is 1. The lowest BCUT2D eigenvalue weighted by Crippen LogP contribution is -2.11. The molecule has 0 aliphatic carbocycles. The first-order valence-electron chi connectivity index (χ1n) is 8.47. The molecule has 0 radical (unpaired) electrons. The Morgan fingerprint density at radius 3 is 1.86 bits per heavy atom. The van der Waals surface area contributed by atoms with Crippen LogP contribution in [0.4, 0.5) is 0 Å². The van der Waals surface area contributed by atoms with Crippen LogP contribution < -0.4 is 0 Å². The fourth-order valence-corrected chi connectivity index (χ4v) is 2.94. The second kappa shape index (κ2) is 11.6. The zero-order valence-corrected chi connectivity index (χ0v) is 15.0. The summed E-state index contributed by atoms with van der Waals surface area (Å²) in [4.78, 5) is 17.1. The topological polar surface area (TPSA) is 66.8 Å². The van der Waals surface area contributed by atoms with Crippen molar-refractivity contribution < 1.29 is 18.9 Å². The van der Waals surface area contributed by atoms with Gasteiger partial charge in [-0.25, -0.2) is 4.57 Å². The number of hydrogen-bond donors (Lipinski definition) is 2. The van der Waals surface area contributed by atoms with Crippen LogP contribution in [0.2, 0.25) is 0 Å². The van der Waals surface area contributed by atoms with E-state index in [-0.39, 0.29) is 6.61 Å². The van der Waals surface area contributed by atoms with E-state index in [0.717, 1.165) is 19.3 Å². The van der Waals surface area contributed by atoms with Crippen molar-refractivity contribution in [2.75, 3.05) is 6.61 Å². The molecule has 0 rings (SSSR count). The summed E-state index contributed by atoms with van der Waals surface area (Å²) in [6, 6.07) is 0. The third-order valence-electron chi connectivity index (χ3n) is 3.96. The number of hydrogen-bond acceptors (Lipinski definition) is 2. The van der Waals surface area contributed by atoms with Gasteiger partial charge < -0.3 is 9.79 Å². The highest BCUT2D eigenvalue weighted by Crippen LogP contribution is 2.36. The van der Waals surface area contributed by atoms with Crippen molar-refractivity contribution in [3.8, 4) is 0 Å². The number of rotatable bonds is 14. The molecule has 0 saturated carbocycles. The fourth-order valence-electron chi connectivity index (χ4n) is 2.57. The molecule has 4 nitrogen and oxygen atoms in total. The monoisotopic (exact) mass is 322 g/mol. The molecular weight excluding hydrogens is 287 g/mol. The van der Waals surface area contributed by atoms with Crippen LogP contribution >= 0.6 is 7.82 Å². The molecule has 0 aromatic carbocycles. The Labute approximate surface area is 130 Å². The van der Waals surface area contributed by atoms with Crippen LogP contribution in [-0.4, -0.2) is 16.4 Å². The Morgan fingerprint density at radius 1 is 0.857 bits per heavy atom. The zero-order chi connectivity index (χ0) is 16.2. The zero-order valence-electron chi connectivity index (χ0n) is 14.1. The number of unbranched alkanes of at least 4 members (excludes halogenated alkanes) is 7. The first-order chi connectivity index (χ1) is 9.77. The van der Waals surface area contributed by atoms with Crippen LogP contribution in [0.3, 0.4) is 0 Å². The second-order valence-electron chi connectivity index (χ2n) is 6.82. The Morgan fingerprint density at radius 2 is 1.33 bits per heavy atom. The van der Waals surface area contributed by atoms with Gasteiger partial charge in [-0.15, -0.1) is 0 Å². The van der Waals surface area contributed by atoms with Crippen molar-refractivity contribution in [1.82, 2.24) is 0 Å². The van der Waals surface area contributed by atoms with Crippen molar-refractivity contribution in [2.45, 2.75) is 91.4 Å². The normalized spacial score (nSPS) is 12.8. The van der Waals surface area contributed by atoms with Crippen molar-refractivity contribution >= 4 is 7.82 Å². The highest BCUT2D eigenvalue weighted by Gasteiger charge is 2.17. The van der Waals surface area contributed by atoms with E-state index in [1.165, 1.54) is 51.4 Å². The molecule has 21 heavy (non-hydrogen) atoms. The van der Waals surface area contributed by atoms with Gasteiger partial charge >= 0.3 is 7.82 Å². The Balaban J connectivity index is 3.48. The predicted octanol–water partition coefficient (Wildman–Crippen LogP) is 5.43. The summed E-state index contributed by atoms with van der Waals surface area (Å²) in [7, 11) is -4.27. The minimum absolute atomic E-state index is 0.155. The van der Waals surface area contributed by atoms with Gasteiger partial charge in [-0.2, -0.15) is 0 Å². The average Bonchev–Trinajstić information content (AvgIpc) is 2.36. The molecule has 5 heteroatoms. The first-order valence-corrected chi connectivity index (χ1v) is 10.00. The molecule has 0 atom stereocenters. The van der Waals surface area contributed by atoms with Gasteiger partial charge in [0.05, 0.1) is 6.61 Å². The largest absolute Gasteiger partial charge is 0.469 e. The molecule has 0 aromatic rings. The van der Waals surface area contributed by atoms with Crippen molar-refractivity contribution in [3.05, 3.63) is 0 Å². The summed E-state index contributed by atoms with van der Waals surface area (Å²) in [6.45, 7) is 7.05. The van der Waals surface area contributed by atoms with E-state index in [2.05, 4.69) is 25.3 Å². The highest BCUT2D eigenvalue weighted by molar-refractivity contribution is 7.46. The second-order valence-corrected chi connectivity index (χ2v) is 8.06. The van der Waals surface area contributed by atoms with E-state index < -0.39 is 7.82 Å². The Bertz CT molecular complexity index is 286. The van der Waals surface area contributed by atoms with Crippen LogP contribution in [-0.2, 0) is 9.09 Å². The molecule has 0 heterocycles. The fraction of sp³-hybridized carbons (Fsp3) is 1.00. The summed E-state index contributed by atoms with van der Waals surface area (Å²) in [5, 5.41) is 0. The molecule has 0 aliphatic rings. The van der Waals surface area contributed by atoms with E-state index >= 15 is 0 Å². The average molecular weight is 322 g/mol. The third-order valence-corrected chi connectivity index (χ3v) is 4.48. The van der Waals surface area contributed by atoms with Gasteiger partial charge in [0, 0.05) is 0 Å². The summed E-state index contributed by atoms with van der Waals surface area (Å²) in [5.74, 6) is 0. The molecule has 0 aliphatic heterocycles. The molecule has 2 N–H and O–H groups in total. The molecule has 0 unspecified atom stereocenters. The lowest BCUT2D eigenvalue weighted by atomic mass is 9.82. The van der Waals surface area contributed by atoms with Gasteiger partial charge in [-0.1, -0.05) is 72.1 Å². The molecular formula is C16H35O4P. The molecule has 0 spiro atoms. The van der Waals surface area contributed by atoms with E-state index in [0.29, 0.717) is 5.41 Å². The van der Waals surface area contributed by atoms with E-state index in [9.17, 15) is 4.57 Å². The van der Waals surface area contributed by atoms with Gasteiger partial charge in [-0.05, 0) is 24.7 Å². The first kappa shape index (κ1) is 21.1. The molecule has 0 fully saturated rings. The molecule has 128 valence electrons. The lowest BCUT2D eigenvalue weighted by molar-refractivity contribution is 0.191. The van der Waals surface area contributed by atoms with Gasteiger partial charge in [-0.3, -0.25) is 4.52 Å². The SMILES string of the molecule is CCCCCCCCC(C)(C)CCCCCOP(=O)(O)O. The molecule has 0 aromatic heterocycles. The maximum Gasteiger partial charge on any atom is 0.469 e. The summed E-state index contributed by atoms with van der Waals surface area (Å²) in [6.07, 6.45) is 13.3. The standard InChI is InChI=1S/C16H35O4P/c1-4-5-6-7-8-10-13-16(2,3)14-11-9-12-15-20-21(17,18)19/h4-15H2,1-3H3,(H2,17,18,19). The minimum Gasteiger partial charge on any atom is -0.303 e. The maximum absolute atomic E-state index is 10.5. The lowest BCUT2D eigenvalue weighted by Gasteiger charge is -2.24. The van der Waals surface area contributed by atoms with Gasteiger partial charge in [0.25, 0.3) is 0 Å². The van der Waals surface area contributed by atoms with Crippen LogP contribution in [0.5, 0.6) is 0 Å². The molecule has 0 amide bonds. The van der Waals surface area contributed by atoms with Crippen LogP contribution in [0.1, 0.15) is 91.4 Å². The van der Waals surface area contributed by atoms with E-state index in [1.54, 1.807) is 0 Å². The minimum atomic E-state index is -4.27. The van der Waals surface area contributed by atoms with Crippen molar-refractivity contribution in [3.63, 3.8) is 0 Å². The van der Waals surface area contributed by atoms with E-state index in [4.69, 9.17) is 9.79 Å². The van der Waals surface area contributed by atoms with Crippen molar-refractivity contribution in [2.24, 2.45) is 5.41 Å². The predicted molar refractivity (Wildman–Crippen MR) is 88.2 cm³/mol. The molecule has 0 saturated heterocycles. The summed E-state index contributed by atoms with van der Waals surface area (Å²) >= 11 is 0. The van der Waals surface area contributed by atoms with Crippen LogP contribution in [0.25, 0.3) is 0 Å². The van der Waals surface area contributed by atoms with Crippen LogP contribution in [0, 0.1) is 5.41 Å². The van der Waals surface area contributed by atoms with Crippen LogP contribution in [0.15, 0.2) is 0 Å². The third kappa shape index (κ3) is 16.3. The smallest absolute Gasteiger partial charge is 0.303 e. The summed E-state index contributed by atoms with van der Waals surface area (Å²) in [5.41, 5.74) is 0.384. The Hall–Kier alpha value is 0.110. The van der Waals surface area contributed by atoms with Gasteiger partial charge in [0.2, 0.25) is 0 Å². The number of phosphoric acid groups is 1. The highest BCUT2D eigenvalue weighted by atomic mass is 31.2. The van der Waals surface area contributed by atoms with E-state index in [1.807, 2.05) is 0 Å². The van der Waals surface area contributed by atoms with Crippen molar-refractivity contribution in [1.29, 1.82) is 0 Å². The quantitative estimate of drug-likeness (QED) is 0.330. The summed E-state index contributed by atoms with van der Waals surface area (Å²) < 4.78 is 14.9. The molecule has 0 bridgehead atoms. The Kier molecular flexibility index (Phi) is 11.7.